The number of carbonyl (C=O) groups excluding carboxylic acids is 1. The van der Waals surface area contributed by atoms with E-state index in [1.165, 1.54) is 5.56 Å². The predicted molar refractivity (Wildman–Crippen MR) is 106 cm³/mol. The molecule has 0 aliphatic heterocycles. The van der Waals surface area contributed by atoms with Gasteiger partial charge < -0.3 is 9.47 Å². The van der Waals surface area contributed by atoms with Crippen molar-refractivity contribution >= 4 is 19.4 Å². The first-order chi connectivity index (χ1) is 11.7. The van der Waals surface area contributed by atoms with Crippen LogP contribution in [0.5, 0.6) is 11.5 Å². The van der Waals surface area contributed by atoms with Crippen LogP contribution in [0.4, 0.5) is 0 Å². The van der Waals surface area contributed by atoms with E-state index in [0.717, 1.165) is 27.7 Å². The van der Waals surface area contributed by atoms with Gasteiger partial charge in [0, 0.05) is 16.9 Å². The normalized spacial score (nSPS) is 11.3. The van der Waals surface area contributed by atoms with Crippen molar-refractivity contribution in [2.45, 2.75) is 40.0 Å². The van der Waals surface area contributed by atoms with Gasteiger partial charge in [0.25, 0.3) is 0 Å². The summed E-state index contributed by atoms with van der Waals surface area (Å²) in [7, 11) is 3.25. The van der Waals surface area contributed by atoms with Crippen molar-refractivity contribution in [2.24, 2.45) is 0 Å². The van der Waals surface area contributed by atoms with Gasteiger partial charge in [0.1, 0.15) is 11.5 Å². The molecule has 2 aromatic rings. The Labute approximate surface area is 170 Å². The summed E-state index contributed by atoms with van der Waals surface area (Å²) in [5, 5.41) is 0.895. The van der Waals surface area contributed by atoms with Gasteiger partial charge in [-0.25, -0.2) is 0 Å². The summed E-state index contributed by atoms with van der Waals surface area (Å²) in [5.41, 5.74) is 4.36. The molecule has 0 amide bonds. The van der Waals surface area contributed by atoms with E-state index < -0.39 is 0 Å². The third-order valence-corrected chi connectivity index (χ3v) is 5.44. The van der Waals surface area contributed by atoms with Gasteiger partial charge in [-0.1, -0.05) is 32.9 Å². The monoisotopic (exact) mass is 365 g/mol. The molecule has 5 heteroatoms. The van der Waals surface area contributed by atoms with Gasteiger partial charge in [0.15, 0.2) is 5.52 Å². The minimum Gasteiger partial charge on any atom is -0.497 e. The molecule has 2 aromatic carbocycles. The number of aryl methyl sites for hydroxylation is 2. The van der Waals surface area contributed by atoms with Gasteiger partial charge >= 0.3 is 18.9 Å². The van der Waals surface area contributed by atoms with Crippen LogP contribution in [0.25, 0.3) is 0 Å². The second-order valence-corrected chi connectivity index (χ2v) is 8.50. The van der Waals surface area contributed by atoms with E-state index in [9.17, 15) is 4.79 Å². The quantitative estimate of drug-likeness (QED) is 0.599. The van der Waals surface area contributed by atoms with Crippen molar-refractivity contribution < 1.29 is 33.1 Å². The molecule has 0 spiro atoms. The molecule has 0 saturated heterocycles. The van der Waals surface area contributed by atoms with Crippen LogP contribution >= 0.6 is 8.58 Å². The van der Waals surface area contributed by atoms with E-state index >= 15 is 0 Å². The second-order valence-electron chi connectivity index (χ2n) is 7.26. The summed E-state index contributed by atoms with van der Waals surface area (Å²) in [6.45, 7) is 10.6. The van der Waals surface area contributed by atoms with Crippen LogP contribution in [-0.2, 0) is 5.41 Å². The Morgan fingerprint density at radius 3 is 2.00 bits per heavy atom. The number of methoxy groups -OCH3 is 2. The Kier molecular flexibility index (Phi) is 7.97. The fraction of sp³-hybridized carbons (Fsp3) is 0.381. The Hall–Kier alpha value is -1.26. The first-order valence-electron chi connectivity index (χ1n) is 8.32. The zero-order valence-electron chi connectivity index (χ0n) is 17.1. The Bertz CT molecular complexity index is 771. The third-order valence-electron chi connectivity index (χ3n) is 4.28. The Balaban J connectivity index is 0.00000338. The van der Waals surface area contributed by atoms with Gasteiger partial charge in [0.05, 0.1) is 14.2 Å². The van der Waals surface area contributed by atoms with Gasteiger partial charge in [-0.3, -0.25) is 4.79 Å². The van der Waals surface area contributed by atoms with Crippen molar-refractivity contribution in [3.63, 3.8) is 0 Å². The predicted octanol–water partition coefficient (Wildman–Crippen LogP) is 1.77. The minimum atomic E-state index is 0. The summed E-state index contributed by atoms with van der Waals surface area (Å²) < 4.78 is 10.6. The molecular weight excluding hydrogens is 338 g/mol. The average molecular weight is 365 g/mol. The average Bonchev–Trinajstić information content (AvgIpc) is 2.53. The molecule has 0 fully saturated rings. The standard InChI is InChI=1S/C21H27O3P.Li/c1-13-10-15(21(3,4)5)11-14(2)19(13)20(22)25-18-9-8-16(23-6)12-17(18)24-7;/h8-12,25H,1-7H3;/q;+1. The van der Waals surface area contributed by atoms with Crippen LogP contribution in [0, 0.1) is 13.8 Å². The number of carbonyl (C=O) groups is 1. The van der Waals surface area contributed by atoms with E-state index in [2.05, 4.69) is 32.9 Å². The van der Waals surface area contributed by atoms with Gasteiger partial charge in [-0.15, -0.1) is 0 Å². The summed E-state index contributed by atoms with van der Waals surface area (Å²) >= 11 is 0. The molecule has 134 valence electrons. The fourth-order valence-corrected chi connectivity index (χ4v) is 4.07. The SMILES string of the molecule is COc1ccc(PC(=O)c2c(C)cc(C(C)(C)C)cc2C)c(OC)c1.[Li+]. The number of ether oxygens (including phenoxy) is 2. The van der Waals surface area contributed by atoms with E-state index in [4.69, 9.17) is 9.47 Å². The molecule has 1 atom stereocenters. The smallest absolute Gasteiger partial charge is 0.497 e. The maximum absolute atomic E-state index is 13.0. The molecule has 0 radical (unpaired) electrons. The van der Waals surface area contributed by atoms with E-state index in [1.54, 1.807) is 14.2 Å². The zero-order valence-corrected chi connectivity index (χ0v) is 18.1. The van der Waals surface area contributed by atoms with E-state index in [1.807, 2.05) is 32.0 Å². The van der Waals surface area contributed by atoms with Crippen LogP contribution in [0.3, 0.4) is 0 Å². The summed E-state index contributed by atoms with van der Waals surface area (Å²) in [4.78, 5) is 13.0. The number of hydrogen-bond acceptors (Lipinski definition) is 3. The fourth-order valence-electron chi connectivity index (χ4n) is 2.84. The van der Waals surface area contributed by atoms with Crippen LogP contribution in [0.15, 0.2) is 30.3 Å². The van der Waals surface area contributed by atoms with Crippen LogP contribution in [0.2, 0.25) is 0 Å². The van der Waals surface area contributed by atoms with Crippen molar-refractivity contribution in [3.05, 3.63) is 52.6 Å². The third kappa shape index (κ3) is 5.14. The molecule has 0 N–H and O–H groups in total. The summed E-state index contributed by atoms with van der Waals surface area (Å²) in [5.74, 6) is 1.41. The van der Waals surface area contributed by atoms with Crippen LogP contribution in [0.1, 0.15) is 47.8 Å². The summed E-state index contributed by atoms with van der Waals surface area (Å²) in [6.07, 6.45) is 0. The van der Waals surface area contributed by atoms with Crippen molar-refractivity contribution in [1.82, 2.24) is 0 Å². The zero-order chi connectivity index (χ0) is 18.8. The van der Waals surface area contributed by atoms with Gasteiger partial charge in [-0.05, 0) is 56.7 Å². The van der Waals surface area contributed by atoms with Crippen molar-refractivity contribution in [3.8, 4) is 11.5 Å². The molecular formula is C21H27LiO3P+. The molecule has 0 aliphatic rings. The first kappa shape index (κ1) is 22.8. The molecule has 0 aliphatic carbocycles. The molecule has 0 bridgehead atoms. The number of rotatable bonds is 5. The molecule has 0 saturated carbocycles. The Morgan fingerprint density at radius 2 is 1.54 bits per heavy atom. The largest absolute Gasteiger partial charge is 1.00 e. The maximum Gasteiger partial charge on any atom is 1.00 e. The van der Waals surface area contributed by atoms with Crippen molar-refractivity contribution in [1.29, 1.82) is 0 Å². The van der Waals surface area contributed by atoms with Crippen LogP contribution < -0.4 is 33.6 Å². The number of hydrogen-bond donors (Lipinski definition) is 0. The Morgan fingerprint density at radius 1 is 0.962 bits per heavy atom. The molecule has 0 heterocycles. The van der Waals surface area contributed by atoms with Crippen LogP contribution in [-0.4, -0.2) is 19.7 Å². The van der Waals surface area contributed by atoms with E-state index in [0.29, 0.717) is 5.75 Å². The first-order valence-corrected chi connectivity index (χ1v) is 9.32. The topological polar surface area (TPSA) is 35.5 Å². The molecule has 1 unspecified atom stereocenters. The molecule has 26 heavy (non-hydrogen) atoms. The van der Waals surface area contributed by atoms with Crippen molar-refractivity contribution in [2.75, 3.05) is 14.2 Å². The summed E-state index contributed by atoms with van der Waals surface area (Å²) in [6, 6.07) is 9.85. The van der Waals surface area contributed by atoms with Gasteiger partial charge in [0.2, 0.25) is 0 Å². The van der Waals surface area contributed by atoms with Gasteiger partial charge in [-0.2, -0.15) is 0 Å². The minimum absolute atomic E-state index is 0. The molecule has 3 nitrogen and oxygen atoms in total. The molecule has 2 rings (SSSR count). The maximum atomic E-state index is 13.0. The number of benzene rings is 2. The second kappa shape index (κ2) is 9.09. The molecule has 0 aromatic heterocycles. The van der Waals surface area contributed by atoms with E-state index in [-0.39, 0.29) is 38.4 Å².